The fourth-order valence-corrected chi connectivity index (χ4v) is 4.54. The summed E-state index contributed by atoms with van der Waals surface area (Å²) in [7, 11) is 2.06. The molecule has 3 heterocycles. The van der Waals surface area contributed by atoms with Crippen LogP contribution in [0.5, 0.6) is 0 Å². The molecular weight excluding hydrogens is 424 g/mol. The molecule has 1 atom stereocenters. The Morgan fingerprint density at radius 2 is 1.76 bits per heavy atom. The fraction of sp³-hybridized carbons (Fsp3) is 0.269. The molecule has 0 aliphatic rings. The lowest BCUT2D eigenvalue weighted by Crippen LogP contribution is -2.26. The number of aromatic nitrogens is 7. The minimum absolute atomic E-state index is 0.124. The first-order valence-corrected chi connectivity index (χ1v) is 11.5. The molecule has 0 fully saturated rings. The third-order valence-electron chi connectivity index (χ3n) is 6.22. The van der Waals surface area contributed by atoms with Crippen LogP contribution >= 0.6 is 0 Å². The van der Waals surface area contributed by atoms with E-state index in [-0.39, 0.29) is 6.04 Å². The molecule has 0 amide bonds. The summed E-state index contributed by atoms with van der Waals surface area (Å²) < 4.78 is 2.24. The molecule has 0 saturated heterocycles. The number of anilines is 1. The van der Waals surface area contributed by atoms with Gasteiger partial charge in [-0.05, 0) is 59.2 Å². The van der Waals surface area contributed by atoms with Crippen LogP contribution in [0.25, 0.3) is 11.2 Å². The van der Waals surface area contributed by atoms with Gasteiger partial charge in [0.1, 0.15) is 17.4 Å². The van der Waals surface area contributed by atoms with Crippen molar-refractivity contribution in [1.29, 1.82) is 0 Å². The predicted octanol–water partition coefficient (Wildman–Crippen LogP) is 4.40. The minimum atomic E-state index is -0.124. The van der Waals surface area contributed by atoms with Crippen molar-refractivity contribution in [2.24, 2.45) is 0 Å². The van der Waals surface area contributed by atoms with Crippen LogP contribution in [-0.4, -0.2) is 42.2 Å². The molecule has 8 heteroatoms. The van der Waals surface area contributed by atoms with E-state index in [2.05, 4.69) is 93.5 Å². The number of benzene rings is 2. The summed E-state index contributed by atoms with van der Waals surface area (Å²) in [6, 6.07) is 20.8. The molecule has 3 aromatic heterocycles. The number of tetrazole rings is 1. The van der Waals surface area contributed by atoms with Crippen molar-refractivity contribution in [2.75, 3.05) is 11.9 Å². The molecule has 5 rings (SSSR count). The zero-order chi connectivity index (χ0) is 23.7. The second kappa shape index (κ2) is 9.05. The van der Waals surface area contributed by atoms with E-state index in [1.165, 1.54) is 11.1 Å². The lowest BCUT2D eigenvalue weighted by Gasteiger charge is -2.28. The number of aromatic amines is 1. The van der Waals surface area contributed by atoms with E-state index in [0.29, 0.717) is 5.82 Å². The lowest BCUT2D eigenvalue weighted by molar-refractivity contribution is 0.723. The van der Waals surface area contributed by atoms with Crippen LogP contribution in [0.15, 0.2) is 60.7 Å². The molecule has 34 heavy (non-hydrogen) atoms. The van der Waals surface area contributed by atoms with Gasteiger partial charge in [0.05, 0.1) is 6.54 Å². The topological polar surface area (TPSA) is 88.4 Å². The minimum Gasteiger partial charge on any atom is -0.360 e. The molecule has 172 valence electrons. The lowest BCUT2D eigenvalue weighted by atomic mass is 10.0. The Balaban J connectivity index is 1.45. The van der Waals surface area contributed by atoms with E-state index in [4.69, 9.17) is 9.97 Å². The molecule has 0 bridgehead atoms. The summed E-state index contributed by atoms with van der Waals surface area (Å²) in [5.74, 6) is 1.76. The highest BCUT2D eigenvalue weighted by atomic mass is 15.5. The van der Waals surface area contributed by atoms with Crippen LogP contribution in [0.1, 0.15) is 47.0 Å². The molecule has 1 N–H and O–H groups in total. The summed E-state index contributed by atoms with van der Waals surface area (Å²) in [6.07, 6.45) is 0.861. The number of H-pyrrole nitrogens is 1. The molecule has 0 aliphatic heterocycles. The summed E-state index contributed by atoms with van der Waals surface area (Å²) in [5.41, 5.74) is 7.51. The third-order valence-corrected chi connectivity index (χ3v) is 6.22. The van der Waals surface area contributed by atoms with Crippen LogP contribution in [0.4, 0.5) is 5.69 Å². The van der Waals surface area contributed by atoms with Crippen molar-refractivity contribution in [1.82, 2.24) is 35.2 Å². The van der Waals surface area contributed by atoms with Crippen molar-refractivity contribution in [2.45, 2.75) is 39.8 Å². The van der Waals surface area contributed by atoms with Crippen LogP contribution < -0.4 is 4.90 Å². The predicted molar refractivity (Wildman–Crippen MR) is 133 cm³/mol. The number of aryl methyl sites for hydroxylation is 3. The first-order valence-electron chi connectivity index (χ1n) is 11.5. The number of hydrogen-bond donors (Lipinski definition) is 1. The molecule has 0 spiro atoms. The second-order valence-electron chi connectivity index (χ2n) is 8.60. The van der Waals surface area contributed by atoms with Crippen molar-refractivity contribution in [3.8, 4) is 0 Å². The van der Waals surface area contributed by atoms with E-state index in [0.717, 1.165) is 46.9 Å². The average molecular weight is 453 g/mol. The zero-order valence-electron chi connectivity index (χ0n) is 19.9. The molecule has 5 aromatic rings. The number of nitrogens with one attached hydrogen (secondary N) is 1. The van der Waals surface area contributed by atoms with Gasteiger partial charge in [0.25, 0.3) is 0 Å². The molecular formula is C26H28N8. The Hall–Kier alpha value is -4.07. The molecule has 2 aromatic carbocycles. The first kappa shape index (κ1) is 21.8. The third kappa shape index (κ3) is 4.03. The maximum atomic E-state index is 4.87. The first-order chi connectivity index (χ1) is 16.5. The summed E-state index contributed by atoms with van der Waals surface area (Å²) >= 11 is 0. The summed E-state index contributed by atoms with van der Waals surface area (Å²) in [6.45, 7) is 7.01. The number of rotatable bonds is 7. The largest absolute Gasteiger partial charge is 0.360 e. The number of nitrogens with zero attached hydrogens (tertiary/aromatic N) is 7. The van der Waals surface area contributed by atoms with Gasteiger partial charge in [-0.3, -0.25) is 0 Å². The highest BCUT2D eigenvalue weighted by molar-refractivity contribution is 5.76. The van der Waals surface area contributed by atoms with E-state index in [9.17, 15) is 0 Å². The van der Waals surface area contributed by atoms with E-state index < -0.39 is 0 Å². The van der Waals surface area contributed by atoms with Crippen LogP contribution in [0, 0.1) is 13.8 Å². The van der Waals surface area contributed by atoms with Crippen LogP contribution in [0.2, 0.25) is 0 Å². The summed E-state index contributed by atoms with van der Waals surface area (Å²) in [5, 5.41) is 14.7. The van der Waals surface area contributed by atoms with Gasteiger partial charge in [-0.25, -0.2) is 15.1 Å². The van der Waals surface area contributed by atoms with Crippen molar-refractivity contribution >= 4 is 16.9 Å². The smallest absolute Gasteiger partial charge is 0.175 e. The van der Waals surface area contributed by atoms with Crippen molar-refractivity contribution in [3.63, 3.8) is 0 Å². The van der Waals surface area contributed by atoms with Gasteiger partial charge in [-0.2, -0.15) is 0 Å². The SMILES string of the molecule is CCc1nc2c(C)cc(C)nc2n1Cc1ccc(N(C)C(c2ccccc2)c2nnn[nH]2)cc1. The quantitative estimate of drug-likeness (QED) is 0.394. The van der Waals surface area contributed by atoms with E-state index in [1.807, 2.05) is 25.1 Å². The summed E-state index contributed by atoms with van der Waals surface area (Å²) in [4.78, 5) is 11.9. The maximum absolute atomic E-state index is 4.87. The number of imidazole rings is 1. The Bertz CT molecular complexity index is 1390. The Morgan fingerprint density at radius 3 is 2.44 bits per heavy atom. The van der Waals surface area contributed by atoms with Gasteiger partial charge < -0.3 is 9.47 Å². The van der Waals surface area contributed by atoms with Gasteiger partial charge in [0, 0.05) is 24.8 Å². The number of fused-ring (bicyclic) bond motifs is 1. The second-order valence-corrected chi connectivity index (χ2v) is 8.60. The normalized spacial score (nSPS) is 12.2. The van der Waals surface area contributed by atoms with Gasteiger partial charge in [0.2, 0.25) is 0 Å². The number of hydrogen-bond acceptors (Lipinski definition) is 6. The Labute approximate surface area is 198 Å². The average Bonchev–Trinajstić information content (AvgIpc) is 3.49. The molecule has 1 unspecified atom stereocenters. The molecule has 0 radical (unpaired) electrons. The standard InChI is InChI=1S/C26H28N8/c1-5-22-28-23-17(2)15-18(3)27-26(23)34(22)16-19-11-13-21(14-12-19)33(4)24(25-29-31-32-30-25)20-9-7-6-8-10-20/h6-15,24H,5,16H2,1-4H3,(H,29,30,31,32). The van der Waals surface area contributed by atoms with E-state index >= 15 is 0 Å². The van der Waals surface area contributed by atoms with Gasteiger partial charge in [0.15, 0.2) is 11.5 Å². The van der Waals surface area contributed by atoms with Crippen LogP contribution in [0.3, 0.4) is 0 Å². The molecule has 0 aliphatic carbocycles. The molecule has 8 nitrogen and oxygen atoms in total. The number of pyridine rings is 1. The van der Waals surface area contributed by atoms with Crippen molar-refractivity contribution in [3.05, 3.63) is 94.7 Å². The Morgan fingerprint density at radius 1 is 1.00 bits per heavy atom. The fourth-order valence-electron chi connectivity index (χ4n) is 4.54. The highest BCUT2D eigenvalue weighted by Crippen LogP contribution is 2.30. The van der Waals surface area contributed by atoms with Crippen molar-refractivity contribution < 1.29 is 0 Å². The maximum Gasteiger partial charge on any atom is 0.175 e. The molecule has 0 saturated carbocycles. The highest BCUT2D eigenvalue weighted by Gasteiger charge is 2.23. The van der Waals surface area contributed by atoms with Gasteiger partial charge >= 0.3 is 0 Å². The Kier molecular flexibility index (Phi) is 5.79. The van der Waals surface area contributed by atoms with E-state index in [1.54, 1.807) is 0 Å². The van der Waals surface area contributed by atoms with Gasteiger partial charge in [-0.15, -0.1) is 5.10 Å². The monoisotopic (exact) mass is 452 g/mol. The zero-order valence-corrected chi connectivity index (χ0v) is 19.9. The van der Waals surface area contributed by atoms with Gasteiger partial charge in [-0.1, -0.05) is 49.4 Å². The van der Waals surface area contributed by atoms with Crippen LogP contribution in [-0.2, 0) is 13.0 Å².